The molecule has 21 heavy (non-hydrogen) atoms. The van der Waals surface area contributed by atoms with Crippen LogP contribution < -0.4 is 5.32 Å². The van der Waals surface area contributed by atoms with E-state index in [0.29, 0.717) is 22.8 Å². The zero-order chi connectivity index (χ0) is 15.1. The Morgan fingerprint density at radius 3 is 2.48 bits per heavy atom. The van der Waals surface area contributed by atoms with Crippen molar-refractivity contribution in [2.45, 2.75) is 63.8 Å². The molecule has 0 bridgehead atoms. The summed E-state index contributed by atoms with van der Waals surface area (Å²) in [5.74, 6) is 1.94. The van der Waals surface area contributed by atoms with Gasteiger partial charge in [-0.15, -0.1) is 11.8 Å². The molecule has 2 aliphatic rings. The maximum atomic E-state index is 3.90. The lowest BCUT2D eigenvalue weighted by molar-refractivity contribution is 0.0848. The Morgan fingerprint density at radius 2 is 1.76 bits per heavy atom. The van der Waals surface area contributed by atoms with Crippen molar-refractivity contribution in [2.75, 3.05) is 12.3 Å². The van der Waals surface area contributed by atoms with Crippen LogP contribution in [0.1, 0.15) is 58.4 Å². The highest BCUT2D eigenvalue weighted by Crippen LogP contribution is 2.46. The van der Waals surface area contributed by atoms with Crippen molar-refractivity contribution in [1.29, 1.82) is 0 Å². The highest BCUT2D eigenvalue weighted by Gasteiger charge is 2.38. The molecule has 1 unspecified atom stereocenters. The van der Waals surface area contributed by atoms with Crippen molar-refractivity contribution in [1.82, 2.24) is 5.32 Å². The highest BCUT2D eigenvalue weighted by atomic mass is 32.2. The van der Waals surface area contributed by atoms with E-state index in [1.54, 1.807) is 5.56 Å². The van der Waals surface area contributed by atoms with Crippen LogP contribution in [-0.2, 0) is 0 Å². The molecule has 0 amide bonds. The van der Waals surface area contributed by atoms with Crippen molar-refractivity contribution in [3.05, 3.63) is 29.8 Å². The predicted molar refractivity (Wildman–Crippen MR) is 93.1 cm³/mol. The van der Waals surface area contributed by atoms with Crippen LogP contribution in [0.15, 0.2) is 29.2 Å². The molecule has 0 radical (unpaired) electrons. The van der Waals surface area contributed by atoms with Gasteiger partial charge in [0.1, 0.15) is 0 Å². The number of nitrogens with one attached hydrogen (secondary N) is 1. The smallest absolute Gasteiger partial charge is 0.0108 e. The summed E-state index contributed by atoms with van der Waals surface area (Å²) in [4.78, 5) is 1.49. The van der Waals surface area contributed by atoms with Gasteiger partial charge in [0.25, 0.3) is 0 Å². The van der Waals surface area contributed by atoms with Gasteiger partial charge in [0, 0.05) is 29.2 Å². The first-order chi connectivity index (χ1) is 9.85. The van der Waals surface area contributed by atoms with Gasteiger partial charge >= 0.3 is 0 Å². The third-order valence-corrected chi connectivity index (χ3v) is 6.26. The molecule has 1 saturated carbocycles. The van der Waals surface area contributed by atoms with E-state index in [0.717, 1.165) is 6.54 Å². The average Bonchev–Trinajstić information content (AvgIpc) is 2.76. The van der Waals surface area contributed by atoms with Crippen LogP contribution in [0.5, 0.6) is 0 Å². The normalized spacial score (nSPS) is 27.5. The quantitative estimate of drug-likeness (QED) is 0.836. The van der Waals surface area contributed by atoms with Crippen LogP contribution in [0.2, 0.25) is 0 Å². The summed E-state index contributed by atoms with van der Waals surface area (Å²) in [6.07, 6.45) is 3.98. The maximum absolute atomic E-state index is 3.90. The van der Waals surface area contributed by atoms with E-state index in [9.17, 15) is 0 Å². The van der Waals surface area contributed by atoms with E-state index >= 15 is 0 Å². The van der Waals surface area contributed by atoms with Crippen LogP contribution in [0.25, 0.3) is 0 Å². The molecule has 1 fully saturated rings. The lowest BCUT2D eigenvalue weighted by Gasteiger charge is -2.45. The van der Waals surface area contributed by atoms with Crippen molar-refractivity contribution in [2.24, 2.45) is 10.8 Å². The number of hydrogen-bond donors (Lipinski definition) is 1. The molecule has 0 spiro atoms. The Bertz CT molecular complexity index is 490. The molecule has 1 atom stereocenters. The molecule has 1 N–H and O–H groups in total. The Kier molecular flexibility index (Phi) is 4.13. The molecule has 0 aromatic heterocycles. The molecule has 2 heteroatoms. The largest absolute Gasteiger partial charge is 0.313 e. The van der Waals surface area contributed by atoms with Gasteiger partial charge in [0.2, 0.25) is 0 Å². The predicted octanol–water partition coefficient (Wildman–Crippen LogP) is 5.07. The van der Waals surface area contributed by atoms with E-state index in [4.69, 9.17) is 0 Å². The highest BCUT2D eigenvalue weighted by molar-refractivity contribution is 7.99. The Labute approximate surface area is 134 Å². The third kappa shape index (κ3) is 3.65. The van der Waals surface area contributed by atoms with E-state index < -0.39 is 0 Å². The minimum absolute atomic E-state index is 0.474. The maximum Gasteiger partial charge on any atom is 0.0108 e. The van der Waals surface area contributed by atoms with Crippen molar-refractivity contribution in [3.63, 3.8) is 0 Å². The molecule has 1 heterocycles. The zero-order valence-corrected chi connectivity index (χ0v) is 14.7. The first kappa shape index (κ1) is 15.4. The number of hydrogen-bond acceptors (Lipinski definition) is 2. The summed E-state index contributed by atoms with van der Waals surface area (Å²) in [5, 5.41) is 3.90. The summed E-state index contributed by atoms with van der Waals surface area (Å²) < 4.78 is 0. The second-order valence-electron chi connectivity index (χ2n) is 8.56. The van der Waals surface area contributed by atoms with Gasteiger partial charge in [-0.3, -0.25) is 0 Å². The average molecular weight is 304 g/mol. The topological polar surface area (TPSA) is 12.0 Å². The summed E-state index contributed by atoms with van der Waals surface area (Å²) >= 11 is 2.02. The second kappa shape index (κ2) is 5.62. The third-order valence-electron chi connectivity index (χ3n) is 5.01. The fraction of sp³-hybridized carbons (Fsp3) is 0.684. The summed E-state index contributed by atoms with van der Waals surface area (Å²) in [6.45, 7) is 10.9. The van der Waals surface area contributed by atoms with Crippen LogP contribution in [0.3, 0.4) is 0 Å². The molecule has 1 aliphatic heterocycles. The standard InChI is InChI=1S/C19H29NS/c1-18(2)9-15(10-19(3,4)13-18)20-11-14-12-21-17-8-6-5-7-16(14)17/h5-8,14-15,20H,9-13H2,1-4H3. The van der Waals surface area contributed by atoms with Gasteiger partial charge in [-0.25, -0.2) is 0 Å². The molecule has 1 aliphatic carbocycles. The fourth-order valence-electron chi connectivity index (χ4n) is 4.70. The first-order valence-electron chi connectivity index (χ1n) is 8.30. The van der Waals surface area contributed by atoms with E-state index in [1.165, 1.54) is 29.9 Å². The molecule has 1 aromatic rings. The lowest BCUT2D eigenvalue weighted by atomic mass is 9.63. The second-order valence-corrected chi connectivity index (χ2v) is 9.63. The van der Waals surface area contributed by atoms with Gasteiger partial charge in [0.15, 0.2) is 0 Å². The summed E-state index contributed by atoms with van der Waals surface area (Å²) in [7, 11) is 0. The minimum Gasteiger partial charge on any atom is -0.313 e. The molecular weight excluding hydrogens is 274 g/mol. The summed E-state index contributed by atoms with van der Waals surface area (Å²) in [5.41, 5.74) is 2.51. The van der Waals surface area contributed by atoms with Gasteiger partial charge in [-0.1, -0.05) is 45.9 Å². The van der Waals surface area contributed by atoms with Crippen LogP contribution in [0, 0.1) is 10.8 Å². The van der Waals surface area contributed by atoms with E-state index in [2.05, 4.69) is 57.3 Å². The Morgan fingerprint density at radius 1 is 1.10 bits per heavy atom. The molecule has 1 nitrogen and oxygen atoms in total. The first-order valence-corrected chi connectivity index (χ1v) is 9.28. The minimum atomic E-state index is 0.474. The van der Waals surface area contributed by atoms with Crippen LogP contribution in [0.4, 0.5) is 0 Å². The monoisotopic (exact) mass is 303 g/mol. The van der Waals surface area contributed by atoms with Crippen LogP contribution in [-0.4, -0.2) is 18.3 Å². The van der Waals surface area contributed by atoms with Crippen molar-refractivity contribution in [3.8, 4) is 0 Å². The number of rotatable bonds is 3. The molecule has 1 aromatic carbocycles. The Hall–Kier alpha value is -0.470. The van der Waals surface area contributed by atoms with Gasteiger partial charge in [-0.2, -0.15) is 0 Å². The fourth-order valence-corrected chi connectivity index (χ4v) is 5.95. The number of thioether (sulfide) groups is 1. The molecule has 3 rings (SSSR count). The van der Waals surface area contributed by atoms with Gasteiger partial charge < -0.3 is 5.32 Å². The van der Waals surface area contributed by atoms with Gasteiger partial charge in [0.05, 0.1) is 0 Å². The van der Waals surface area contributed by atoms with E-state index in [1.807, 2.05) is 11.8 Å². The zero-order valence-electron chi connectivity index (χ0n) is 13.9. The van der Waals surface area contributed by atoms with Gasteiger partial charge in [-0.05, 0) is 41.7 Å². The lowest BCUT2D eigenvalue weighted by Crippen LogP contribution is -2.45. The Balaban J connectivity index is 1.61. The van der Waals surface area contributed by atoms with Crippen molar-refractivity contribution >= 4 is 11.8 Å². The molecule has 116 valence electrons. The van der Waals surface area contributed by atoms with Crippen LogP contribution >= 0.6 is 11.8 Å². The van der Waals surface area contributed by atoms with E-state index in [-0.39, 0.29) is 0 Å². The molecular formula is C19H29NS. The SMILES string of the molecule is CC1(C)CC(NCC2CSc3ccccc32)CC(C)(C)C1. The number of benzene rings is 1. The van der Waals surface area contributed by atoms with Crippen molar-refractivity contribution < 1.29 is 0 Å². The summed E-state index contributed by atoms with van der Waals surface area (Å²) in [6, 6.07) is 9.61. The molecule has 0 saturated heterocycles. The number of fused-ring (bicyclic) bond motifs is 1.